The molecular weight excluding hydrogens is 274 g/mol. The first-order valence-electron chi connectivity index (χ1n) is 7.95. The molecule has 1 aliphatic rings. The molecule has 0 radical (unpaired) electrons. The number of nitrogens with one attached hydrogen (secondary N) is 1. The van der Waals surface area contributed by atoms with Gasteiger partial charge in [0.2, 0.25) is 0 Å². The fraction of sp³-hybridized carbons (Fsp3) is 0.316. The number of aliphatic carboxylic acids is 1. The molecule has 3 nitrogen and oxygen atoms in total. The second kappa shape index (κ2) is 4.87. The van der Waals surface area contributed by atoms with Gasteiger partial charge in [0, 0.05) is 21.8 Å². The molecule has 4 rings (SSSR count). The summed E-state index contributed by atoms with van der Waals surface area (Å²) in [6.45, 7) is 0. The molecule has 3 heteroatoms. The Bertz CT molecular complexity index is 856. The molecule has 0 bridgehead atoms. The Morgan fingerprint density at radius 2 is 1.68 bits per heavy atom. The SMILES string of the molecule is O=C(O)C1(c2ccc3[nH]c4ccccc4c3c2)CCCCC1. The number of carbonyl (C=O) groups is 1. The first-order chi connectivity index (χ1) is 10.7. The van der Waals surface area contributed by atoms with Crippen LogP contribution in [-0.2, 0) is 10.2 Å². The van der Waals surface area contributed by atoms with Crippen LogP contribution < -0.4 is 0 Å². The van der Waals surface area contributed by atoms with Gasteiger partial charge in [-0.1, -0.05) is 43.5 Å². The highest BCUT2D eigenvalue weighted by molar-refractivity contribution is 6.07. The van der Waals surface area contributed by atoms with Crippen molar-refractivity contribution >= 4 is 27.8 Å². The van der Waals surface area contributed by atoms with Crippen molar-refractivity contribution in [2.45, 2.75) is 37.5 Å². The number of aromatic nitrogens is 1. The van der Waals surface area contributed by atoms with Crippen molar-refractivity contribution in [2.75, 3.05) is 0 Å². The molecule has 2 N–H and O–H groups in total. The smallest absolute Gasteiger partial charge is 0.314 e. The zero-order chi connectivity index (χ0) is 15.2. The maximum Gasteiger partial charge on any atom is 0.314 e. The zero-order valence-electron chi connectivity index (χ0n) is 12.4. The maximum absolute atomic E-state index is 12.0. The van der Waals surface area contributed by atoms with Gasteiger partial charge in [0.1, 0.15) is 0 Å². The lowest BCUT2D eigenvalue weighted by atomic mass is 9.69. The van der Waals surface area contributed by atoms with E-state index in [0.29, 0.717) is 0 Å². The Labute approximate surface area is 129 Å². The monoisotopic (exact) mass is 293 g/mol. The minimum Gasteiger partial charge on any atom is -0.481 e. The Balaban J connectivity index is 1.94. The molecule has 2 aromatic carbocycles. The molecule has 1 aromatic heterocycles. The van der Waals surface area contributed by atoms with Crippen LogP contribution in [0.5, 0.6) is 0 Å². The van der Waals surface area contributed by atoms with Crippen LogP contribution in [0.3, 0.4) is 0 Å². The van der Waals surface area contributed by atoms with E-state index in [1.165, 1.54) is 0 Å². The first-order valence-corrected chi connectivity index (χ1v) is 7.95. The van der Waals surface area contributed by atoms with Gasteiger partial charge >= 0.3 is 5.97 Å². The number of rotatable bonds is 2. The highest BCUT2D eigenvalue weighted by Crippen LogP contribution is 2.41. The summed E-state index contributed by atoms with van der Waals surface area (Å²) in [5.74, 6) is -0.675. The minimum absolute atomic E-state index is 0.675. The van der Waals surface area contributed by atoms with Crippen LogP contribution in [0.25, 0.3) is 21.8 Å². The normalized spacial score (nSPS) is 17.8. The summed E-state index contributed by atoms with van der Waals surface area (Å²) in [6, 6.07) is 14.3. The summed E-state index contributed by atoms with van der Waals surface area (Å²) in [6.07, 6.45) is 4.63. The van der Waals surface area contributed by atoms with E-state index in [4.69, 9.17) is 0 Å². The predicted molar refractivity (Wildman–Crippen MR) is 88.2 cm³/mol. The van der Waals surface area contributed by atoms with Gasteiger partial charge in [0.15, 0.2) is 0 Å². The molecule has 0 aliphatic heterocycles. The first kappa shape index (κ1) is 13.4. The summed E-state index contributed by atoms with van der Waals surface area (Å²) in [5.41, 5.74) is 2.42. The van der Waals surface area contributed by atoms with Gasteiger partial charge in [-0.2, -0.15) is 0 Å². The van der Waals surface area contributed by atoms with Crippen LogP contribution in [-0.4, -0.2) is 16.1 Å². The highest BCUT2D eigenvalue weighted by atomic mass is 16.4. The molecule has 0 spiro atoms. The standard InChI is InChI=1S/C19H19NO2/c21-18(22)19(10-4-1-5-11-19)13-8-9-17-15(12-13)14-6-2-3-7-16(14)20-17/h2-3,6-9,12,20H,1,4-5,10-11H2,(H,21,22). The van der Waals surface area contributed by atoms with Gasteiger partial charge < -0.3 is 10.1 Å². The molecule has 0 amide bonds. The Morgan fingerprint density at radius 3 is 2.45 bits per heavy atom. The predicted octanol–water partition coefficient (Wildman–Crippen LogP) is 4.61. The number of H-pyrrole nitrogens is 1. The second-order valence-corrected chi connectivity index (χ2v) is 6.38. The van der Waals surface area contributed by atoms with Gasteiger partial charge in [-0.3, -0.25) is 4.79 Å². The molecule has 112 valence electrons. The number of carboxylic acid groups (broad SMARTS) is 1. The lowest BCUT2D eigenvalue weighted by Crippen LogP contribution is -2.37. The topological polar surface area (TPSA) is 53.1 Å². The van der Waals surface area contributed by atoms with E-state index in [9.17, 15) is 9.90 Å². The van der Waals surface area contributed by atoms with Crippen LogP contribution in [0.1, 0.15) is 37.7 Å². The molecule has 1 heterocycles. The molecule has 3 aromatic rings. The van der Waals surface area contributed by atoms with Crippen LogP contribution in [0, 0.1) is 0 Å². The zero-order valence-corrected chi connectivity index (χ0v) is 12.4. The van der Waals surface area contributed by atoms with Crippen molar-refractivity contribution in [1.29, 1.82) is 0 Å². The molecule has 0 atom stereocenters. The average molecular weight is 293 g/mol. The number of fused-ring (bicyclic) bond motifs is 3. The largest absolute Gasteiger partial charge is 0.481 e. The number of aromatic amines is 1. The summed E-state index contributed by atoms with van der Waals surface area (Å²) in [5, 5.41) is 12.2. The number of para-hydroxylation sites is 1. The van der Waals surface area contributed by atoms with Crippen LogP contribution in [0.2, 0.25) is 0 Å². The number of carboxylic acids is 1. The number of hydrogen-bond donors (Lipinski definition) is 2. The molecule has 0 unspecified atom stereocenters. The van der Waals surface area contributed by atoms with E-state index in [0.717, 1.165) is 59.5 Å². The van der Waals surface area contributed by atoms with Gasteiger partial charge in [0.25, 0.3) is 0 Å². The molecular formula is C19H19NO2. The van der Waals surface area contributed by atoms with Gasteiger partial charge in [-0.15, -0.1) is 0 Å². The fourth-order valence-electron chi connectivity index (χ4n) is 3.93. The van der Waals surface area contributed by atoms with Crippen molar-refractivity contribution in [3.05, 3.63) is 48.0 Å². The molecule has 0 saturated heterocycles. The summed E-state index contributed by atoms with van der Waals surface area (Å²) in [7, 11) is 0. The van der Waals surface area contributed by atoms with Gasteiger partial charge in [-0.05, 0) is 36.6 Å². The number of hydrogen-bond acceptors (Lipinski definition) is 1. The minimum atomic E-state index is -0.704. The molecule has 1 aliphatic carbocycles. The highest BCUT2D eigenvalue weighted by Gasteiger charge is 2.41. The quantitative estimate of drug-likeness (QED) is 0.725. The van der Waals surface area contributed by atoms with Crippen molar-refractivity contribution in [1.82, 2.24) is 4.98 Å². The van der Waals surface area contributed by atoms with E-state index in [2.05, 4.69) is 23.2 Å². The van der Waals surface area contributed by atoms with E-state index >= 15 is 0 Å². The van der Waals surface area contributed by atoms with Crippen LogP contribution >= 0.6 is 0 Å². The lowest BCUT2D eigenvalue weighted by Gasteiger charge is -2.33. The van der Waals surface area contributed by atoms with Crippen molar-refractivity contribution in [2.24, 2.45) is 0 Å². The fourth-order valence-corrected chi connectivity index (χ4v) is 3.93. The Hall–Kier alpha value is -2.29. The van der Waals surface area contributed by atoms with Crippen LogP contribution in [0.4, 0.5) is 0 Å². The van der Waals surface area contributed by atoms with Crippen molar-refractivity contribution < 1.29 is 9.90 Å². The van der Waals surface area contributed by atoms with Gasteiger partial charge in [0.05, 0.1) is 5.41 Å². The summed E-state index contributed by atoms with van der Waals surface area (Å²) < 4.78 is 0. The van der Waals surface area contributed by atoms with Crippen LogP contribution in [0.15, 0.2) is 42.5 Å². The third-order valence-electron chi connectivity index (χ3n) is 5.18. The maximum atomic E-state index is 12.0. The summed E-state index contributed by atoms with van der Waals surface area (Å²) in [4.78, 5) is 15.4. The third kappa shape index (κ3) is 1.85. The summed E-state index contributed by atoms with van der Waals surface area (Å²) >= 11 is 0. The molecule has 22 heavy (non-hydrogen) atoms. The van der Waals surface area contributed by atoms with E-state index in [1.54, 1.807) is 0 Å². The molecule has 1 fully saturated rings. The average Bonchev–Trinajstić information content (AvgIpc) is 2.93. The second-order valence-electron chi connectivity index (χ2n) is 6.38. The third-order valence-corrected chi connectivity index (χ3v) is 5.18. The van der Waals surface area contributed by atoms with Gasteiger partial charge in [-0.25, -0.2) is 0 Å². The van der Waals surface area contributed by atoms with E-state index in [1.807, 2.05) is 24.3 Å². The van der Waals surface area contributed by atoms with Crippen molar-refractivity contribution in [3.8, 4) is 0 Å². The lowest BCUT2D eigenvalue weighted by molar-refractivity contribution is -0.145. The molecule has 1 saturated carbocycles. The van der Waals surface area contributed by atoms with E-state index in [-0.39, 0.29) is 0 Å². The Morgan fingerprint density at radius 1 is 0.955 bits per heavy atom. The Kier molecular flexibility index (Phi) is 2.96. The van der Waals surface area contributed by atoms with E-state index < -0.39 is 11.4 Å². The number of benzene rings is 2. The van der Waals surface area contributed by atoms with Crippen molar-refractivity contribution in [3.63, 3.8) is 0 Å².